The number of nitriles is 2. The molecule has 9 nitrogen and oxygen atoms in total. The van der Waals surface area contributed by atoms with Gasteiger partial charge in [0.2, 0.25) is 5.75 Å². The Kier molecular flexibility index (Phi) is 4.15. The number of ether oxygens (including phenoxy) is 1. The van der Waals surface area contributed by atoms with Gasteiger partial charge in [0.15, 0.2) is 0 Å². The third kappa shape index (κ3) is 3.20. The maximum Gasteiger partial charge on any atom is 0.312 e. The van der Waals surface area contributed by atoms with Crippen LogP contribution in [0.25, 0.3) is 0 Å². The molecule has 0 aliphatic heterocycles. The molecule has 0 radical (unpaired) electrons. The first-order chi connectivity index (χ1) is 11.0. The molecule has 112 valence electrons. The van der Waals surface area contributed by atoms with E-state index < -0.39 is 15.5 Å². The second kappa shape index (κ2) is 6.20. The maximum atomic E-state index is 11.1. The highest BCUT2D eigenvalue weighted by Crippen LogP contribution is 2.34. The van der Waals surface area contributed by atoms with Gasteiger partial charge in [0.1, 0.15) is 17.9 Å². The molecule has 0 saturated heterocycles. The number of hydrogen-bond donors (Lipinski definition) is 0. The van der Waals surface area contributed by atoms with Gasteiger partial charge in [-0.25, -0.2) is 0 Å². The first kappa shape index (κ1) is 15.4. The Bertz CT molecular complexity index is 878. The van der Waals surface area contributed by atoms with Crippen LogP contribution in [-0.2, 0) is 0 Å². The van der Waals surface area contributed by atoms with E-state index in [-0.39, 0.29) is 28.3 Å². The number of rotatable bonds is 4. The van der Waals surface area contributed by atoms with Crippen LogP contribution in [0, 0.1) is 42.9 Å². The van der Waals surface area contributed by atoms with Crippen molar-refractivity contribution in [3.8, 4) is 23.6 Å². The van der Waals surface area contributed by atoms with Gasteiger partial charge < -0.3 is 4.74 Å². The molecular weight excluding hydrogens is 304 g/mol. The van der Waals surface area contributed by atoms with Crippen LogP contribution in [0.15, 0.2) is 36.4 Å². The van der Waals surface area contributed by atoms with Gasteiger partial charge in [0.25, 0.3) is 5.69 Å². The molecule has 0 N–H and O–H groups in total. The largest absolute Gasteiger partial charge is 0.450 e. The highest BCUT2D eigenvalue weighted by atomic mass is 16.6. The summed E-state index contributed by atoms with van der Waals surface area (Å²) in [4.78, 5) is 20.3. The fourth-order valence-corrected chi connectivity index (χ4v) is 1.74. The van der Waals surface area contributed by atoms with Crippen LogP contribution in [0.1, 0.15) is 11.1 Å². The third-order valence-electron chi connectivity index (χ3n) is 2.81. The zero-order chi connectivity index (χ0) is 17.0. The van der Waals surface area contributed by atoms with E-state index >= 15 is 0 Å². The molecular formula is C14H6N4O5. The van der Waals surface area contributed by atoms with Gasteiger partial charge >= 0.3 is 5.69 Å². The molecule has 2 aromatic rings. The maximum absolute atomic E-state index is 11.1. The average Bonchev–Trinajstić information content (AvgIpc) is 2.54. The number of benzene rings is 2. The van der Waals surface area contributed by atoms with Crippen molar-refractivity contribution in [1.82, 2.24) is 0 Å². The van der Waals surface area contributed by atoms with E-state index in [0.29, 0.717) is 0 Å². The number of nitro benzene ring substituents is 2. The van der Waals surface area contributed by atoms with Crippen molar-refractivity contribution in [3.63, 3.8) is 0 Å². The summed E-state index contributed by atoms with van der Waals surface area (Å²) in [7, 11) is 0. The Hall–Kier alpha value is -3.98. The molecule has 0 amide bonds. The van der Waals surface area contributed by atoms with Gasteiger partial charge in [-0.2, -0.15) is 10.5 Å². The molecule has 0 fully saturated rings. The van der Waals surface area contributed by atoms with Crippen LogP contribution in [0.3, 0.4) is 0 Å². The van der Waals surface area contributed by atoms with E-state index in [2.05, 4.69) is 0 Å². The lowest BCUT2D eigenvalue weighted by atomic mass is 10.1. The predicted octanol–water partition coefficient (Wildman–Crippen LogP) is 3.04. The topological polar surface area (TPSA) is 143 Å². The highest BCUT2D eigenvalue weighted by Gasteiger charge is 2.20. The second-order valence-electron chi connectivity index (χ2n) is 4.20. The van der Waals surface area contributed by atoms with E-state index in [0.717, 1.165) is 12.1 Å². The minimum atomic E-state index is -0.747. The summed E-state index contributed by atoms with van der Waals surface area (Å²) < 4.78 is 5.32. The van der Waals surface area contributed by atoms with Crippen LogP contribution >= 0.6 is 0 Å². The van der Waals surface area contributed by atoms with Gasteiger partial charge in [0.05, 0.1) is 21.0 Å². The molecule has 0 atom stereocenters. The van der Waals surface area contributed by atoms with Crippen molar-refractivity contribution in [1.29, 1.82) is 10.5 Å². The first-order valence-electron chi connectivity index (χ1n) is 6.01. The fraction of sp³-hybridized carbons (Fsp3) is 0. The van der Waals surface area contributed by atoms with E-state index in [4.69, 9.17) is 15.3 Å². The fourth-order valence-electron chi connectivity index (χ4n) is 1.74. The monoisotopic (exact) mass is 310 g/mol. The van der Waals surface area contributed by atoms with Crippen LogP contribution in [-0.4, -0.2) is 9.85 Å². The molecule has 23 heavy (non-hydrogen) atoms. The Labute approximate surface area is 128 Å². The van der Waals surface area contributed by atoms with Gasteiger partial charge in [-0.05, 0) is 12.1 Å². The molecule has 2 rings (SSSR count). The third-order valence-corrected chi connectivity index (χ3v) is 2.81. The molecule has 2 aromatic carbocycles. The Morgan fingerprint density at radius 2 is 1.48 bits per heavy atom. The van der Waals surface area contributed by atoms with Crippen molar-refractivity contribution in [3.05, 3.63) is 67.8 Å². The SMILES string of the molecule is N#Cc1cc(Oc2ccc([N+](=O)[O-])cc2)c([N+](=O)[O-])cc1C#N. The number of hydrogen-bond acceptors (Lipinski definition) is 7. The minimum Gasteiger partial charge on any atom is -0.450 e. The summed E-state index contributed by atoms with van der Waals surface area (Å²) in [5.74, 6) is -0.119. The van der Waals surface area contributed by atoms with Crippen molar-refractivity contribution in [2.24, 2.45) is 0 Å². The lowest BCUT2D eigenvalue weighted by molar-refractivity contribution is -0.385. The zero-order valence-corrected chi connectivity index (χ0v) is 11.3. The van der Waals surface area contributed by atoms with Gasteiger partial charge in [-0.1, -0.05) is 0 Å². The summed E-state index contributed by atoms with van der Waals surface area (Å²) in [5.41, 5.74) is -0.867. The zero-order valence-electron chi connectivity index (χ0n) is 11.3. The summed E-state index contributed by atoms with van der Waals surface area (Å²) in [6.07, 6.45) is 0. The van der Waals surface area contributed by atoms with Crippen LogP contribution in [0.4, 0.5) is 11.4 Å². The number of nitrogens with zero attached hydrogens (tertiary/aromatic N) is 4. The minimum absolute atomic E-state index is 0.0741. The number of non-ortho nitro benzene ring substituents is 1. The van der Waals surface area contributed by atoms with E-state index in [9.17, 15) is 20.2 Å². The van der Waals surface area contributed by atoms with Crippen molar-refractivity contribution < 1.29 is 14.6 Å². The molecule has 9 heteroatoms. The van der Waals surface area contributed by atoms with E-state index in [1.807, 2.05) is 0 Å². The highest BCUT2D eigenvalue weighted by molar-refractivity contribution is 5.60. The molecule has 0 saturated carbocycles. The summed E-state index contributed by atoms with van der Waals surface area (Å²) in [6.45, 7) is 0. The predicted molar refractivity (Wildman–Crippen MR) is 75.7 cm³/mol. The smallest absolute Gasteiger partial charge is 0.312 e. The Morgan fingerprint density at radius 1 is 0.913 bits per heavy atom. The summed E-state index contributed by atoms with van der Waals surface area (Å²) >= 11 is 0. The van der Waals surface area contributed by atoms with Gasteiger partial charge in [-0.15, -0.1) is 0 Å². The van der Waals surface area contributed by atoms with Gasteiger partial charge in [0, 0.05) is 24.3 Å². The summed E-state index contributed by atoms with van der Waals surface area (Å²) in [6, 6.07) is 10.4. The standard InChI is InChI=1S/C14H6N4O5/c15-7-9-5-13(18(21)22)14(6-10(9)8-16)23-12-3-1-11(2-4-12)17(19)20/h1-6H. The molecule has 0 aliphatic carbocycles. The Morgan fingerprint density at radius 3 is 1.96 bits per heavy atom. The van der Waals surface area contributed by atoms with E-state index in [1.54, 1.807) is 12.1 Å². The first-order valence-corrected chi connectivity index (χ1v) is 6.01. The van der Waals surface area contributed by atoms with Gasteiger partial charge in [-0.3, -0.25) is 20.2 Å². The van der Waals surface area contributed by atoms with Crippen LogP contribution in [0.2, 0.25) is 0 Å². The van der Waals surface area contributed by atoms with Crippen molar-refractivity contribution in [2.45, 2.75) is 0 Å². The van der Waals surface area contributed by atoms with Crippen LogP contribution < -0.4 is 4.74 Å². The molecule has 0 heterocycles. The summed E-state index contributed by atoms with van der Waals surface area (Å²) in [5, 5.41) is 39.5. The molecule has 0 aromatic heterocycles. The molecule has 0 bridgehead atoms. The molecule has 0 spiro atoms. The quantitative estimate of drug-likeness (QED) is 0.623. The molecule has 0 unspecified atom stereocenters. The average molecular weight is 310 g/mol. The Balaban J connectivity index is 2.46. The molecule has 0 aliphatic rings. The van der Waals surface area contributed by atoms with E-state index in [1.165, 1.54) is 24.3 Å². The van der Waals surface area contributed by atoms with Crippen molar-refractivity contribution in [2.75, 3.05) is 0 Å². The normalized spacial score (nSPS) is 9.48. The second-order valence-corrected chi connectivity index (χ2v) is 4.20. The number of nitro groups is 2. The lowest BCUT2D eigenvalue weighted by Crippen LogP contribution is -1.97. The van der Waals surface area contributed by atoms with Crippen LogP contribution in [0.5, 0.6) is 11.5 Å². The van der Waals surface area contributed by atoms with Crippen molar-refractivity contribution >= 4 is 11.4 Å². The lowest BCUT2D eigenvalue weighted by Gasteiger charge is -2.07.